The van der Waals surface area contributed by atoms with Crippen LogP contribution in [0, 0.1) is 5.41 Å². The molecule has 1 saturated heterocycles. The van der Waals surface area contributed by atoms with Gasteiger partial charge in [0.25, 0.3) is 0 Å². The number of nitrogens with one attached hydrogen (secondary N) is 1. The van der Waals surface area contributed by atoms with Gasteiger partial charge >= 0.3 is 0 Å². The van der Waals surface area contributed by atoms with Crippen molar-refractivity contribution in [2.75, 3.05) is 26.3 Å². The molecule has 1 N–H and O–H groups in total. The first kappa shape index (κ1) is 15.8. The van der Waals surface area contributed by atoms with Crippen molar-refractivity contribution in [3.63, 3.8) is 0 Å². The number of rotatable bonds is 6. The van der Waals surface area contributed by atoms with E-state index in [-0.39, 0.29) is 5.41 Å². The van der Waals surface area contributed by atoms with E-state index < -0.39 is 0 Å². The van der Waals surface area contributed by atoms with Gasteiger partial charge in [0.2, 0.25) is 0 Å². The molecule has 0 amide bonds. The summed E-state index contributed by atoms with van der Waals surface area (Å²) in [4.78, 5) is 0. The van der Waals surface area contributed by atoms with Crippen LogP contribution in [-0.4, -0.2) is 36.1 Å². The molecular formula is C15H26ClN3O. The van der Waals surface area contributed by atoms with E-state index in [0.717, 1.165) is 62.7 Å². The number of hydrogen-bond acceptors (Lipinski definition) is 3. The molecule has 0 radical (unpaired) electrons. The van der Waals surface area contributed by atoms with Crippen molar-refractivity contribution in [2.24, 2.45) is 12.5 Å². The molecule has 0 unspecified atom stereocenters. The van der Waals surface area contributed by atoms with Crippen LogP contribution in [-0.2, 0) is 24.6 Å². The molecule has 1 aromatic rings. The predicted octanol–water partition coefficient (Wildman–Crippen LogP) is 2.58. The summed E-state index contributed by atoms with van der Waals surface area (Å²) in [7, 11) is 2.00. The van der Waals surface area contributed by atoms with Crippen LogP contribution in [0.5, 0.6) is 0 Å². The number of aryl methyl sites for hydroxylation is 2. The highest BCUT2D eigenvalue weighted by Gasteiger charge is 2.34. The Balaban J connectivity index is 2.21. The van der Waals surface area contributed by atoms with E-state index >= 15 is 0 Å². The Morgan fingerprint density at radius 3 is 2.60 bits per heavy atom. The van der Waals surface area contributed by atoms with Gasteiger partial charge < -0.3 is 10.1 Å². The van der Waals surface area contributed by atoms with Crippen molar-refractivity contribution < 1.29 is 4.74 Å². The van der Waals surface area contributed by atoms with E-state index in [4.69, 9.17) is 16.3 Å². The molecule has 0 bridgehead atoms. The minimum Gasteiger partial charge on any atom is -0.381 e. The third-order valence-corrected chi connectivity index (χ3v) is 4.79. The first-order valence-corrected chi connectivity index (χ1v) is 7.98. The van der Waals surface area contributed by atoms with E-state index in [1.165, 1.54) is 5.69 Å². The van der Waals surface area contributed by atoms with Gasteiger partial charge in [-0.1, -0.05) is 25.4 Å². The van der Waals surface area contributed by atoms with Crippen molar-refractivity contribution in [2.45, 2.75) is 39.5 Å². The maximum Gasteiger partial charge on any atom is 0.0849 e. The second-order valence-corrected chi connectivity index (χ2v) is 6.13. The predicted molar refractivity (Wildman–Crippen MR) is 82.3 cm³/mol. The summed E-state index contributed by atoms with van der Waals surface area (Å²) in [6, 6.07) is 0. The topological polar surface area (TPSA) is 39.1 Å². The lowest BCUT2D eigenvalue weighted by Gasteiger charge is -2.37. The van der Waals surface area contributed by atoms with Crippen LogP contribution in [0.3, 0.4) is 0 Å². The van der Waals surface area contributed by atoms with Crippen LogP contribution < -0.4 is 5.32 Å². The fraction of sp³-hybridized carbons (Fsp3) is 0.800. The largest absolute Gasteiger partial charge is 0.381 e. The molecule has 114 valence electrons. The van der Waals surface area contributed by atoms with Gasteiger partial charge in [-0.2, -0.15) is 5.10 Å². The highest BCUT2D eigenvalue weighted by Crippen LogP contribution is 2.36. The summed E-state index contributed by atoms with van der Waals surface area (Å²) in [5.41, 5.74) is 2.43. The lowest BCUT2D eigenvalue weighted by molar-refractivity contribution is 0.0143. The first-order chi connectivity index (χ1) is 9.62. The van der Waals surface area contributed by atoms with Gasteiger partial charge in [0, 0.05) is 26.8 Å². The normalized spacial score (nSPS) is 18.4. The Morgan fingerprint density at radius 1 is 1.35 bits per heavy atom. The van der Waals surface area contributed by atoms with Crippen LogP contribution in [0.2, 0.25) is 5.02 Å². The number of halogens is 1. The van der Waals surface area contributed by atoms with E-state index in [1.807, 2.05) is 11.7 Å². The van der Waals surface area contributed by atoms with Crippen LogP contribution in [0.4, 0.5) is 0 Å². The van der Waals surface area contributed by atoms with E-state index in [2.05, 4.69) is 24.3 Å². The molecule has 1 aliphatic heterocycles. The molecule has 5 heteroatoms. The zero-order valence-electron chi connectivity index (χ0n) is 12.8. The number of aromatic nitrogens is 2. The van der Waals surface area contributed by atoms with Gasteiger partial charge in [0.05, 0.1) is 16.4 Å². The van der Waals surface area contributed by atoms with Crippen molar-refractivity contribution >= 4 is 11.6 Å². The maximum atomic E-state index is 6.51. The zero-order valence-corrected chi connectivity index (χ0v) is 13.6. The molecule has 2 rings (SSSR count). The average molecular weight is 300 g/mol. The van der Waals surface area contributed by atoms with Crippen LogP contribution >= 0.6 is 11.6 Å². The van der Waals surface area contributed by atoms with Gasteiger partial charge in [-0.25, -0.2) is 0 Å². The minimum absolute atomic E-state index is 0.247. The molecule has 4 nitrogen and oxygen atoms in total. The summed E-state index contributed by atoms with van der Waals surface area (Å²) < 4.78 is 7.51. The Labute approximate surface area is 126 Å². The van der Waals surface area contributed by atoms with Crippen molar-refractivity contribution in [3.8, 4) is 0 Å². The molecule has 1 aromatic heterocycles. The van der Waals surface area contributed by atoms with Gasteiger partial charge in [0.15, 0.2) is 0 Å². The third kappa shape index (κ3) is 3.35. The summed E-state index contributed by atoms with van der Waals surface area (Å²) >= 11 is 6.51. The Hall–Kier alpha value is -0.580. The minimum atomic E-state index is 0.247. The van der Waals surface area contributed by atoms with Gasteiger partial charge in [-0.05, 0) is 37.6 Å². The second kappa shape index (κ2) is 6.92. The van der Waals surface area contributed by atoms with Gasteiger partial charge in [-0.3, -0.25) is 4.68 Å². The highest BCUT2D eigenvalue weighted by atomic mass is 35.5. The van der Waals surface area contributed by atoms with Crippen molar-refractivity contribution in [1.82, 2.24) is 15.1 Å². The molecule has 20 heavy (non-hydrogen) atoms. The molecule has 1 aliphatic rings. The molecule has 0 atom stereocenters. The molecule has 0 aromatic carbocycles. The van der Waals surface area contributed by atoms with Crippen LogP contribution in [0.15, 0.2) is 0 Å². The fourth-order valence-electron chi connectivity index (χ4n) is 2.98. The van der Waals surface area contributed by atoms with Crippen molar-refractivity contribution in [3.05, 3.63) is 16.4 Å². The maximum absolute atomic E-state index is 6.51. The van der Waals surface area contributed by atoms with Crippen LogP contribution in [0.1, 0.15) is 38.1 Å². The lowest BCUT2D eigenvalue weighted by atomic mass is 9.76. The zero-order chi connectivity index (χ0) is 14.6. The number of hydrogen-bond donors (Lipinski definition) is 1. The van der Waals surface area contributed by atoms with Crippen LogP contribution in [0.25, 0.3) is 0 Å². The number of ether oxygens (including phenoxy) is 1. The van der Waals surface area contributed by atoms with E-state index in [0.29, 0.717) is 0 Å². The van der Waals surface area contributed by atoms with Crippen molar-refractivity contribution in [1.29, 1.82) is 0 Å². The Kier molecular flexibility index (Phi) is 5.47. The molecular weight excluding hydrogens is 274 g/mol. The van der Waals surface area contributed by atoms with Gasteiger partial charge in [-0.15, -0.1) is 0 Å². The molecule has 0 spiro atoms. The first-order valence-electron chi connectivity index (χ1n) is 7.60. The molecule has 1 fully saturated rings. The molecule has 2 heterocycles. The standard InChI is InChI=1S/C15H26ClN3O/c1-4-12-14(16)13(19(3)18-12)10-15(11-17-5-2)6-8-20-9-7-15/h17H,4-11H2,1-3H3. The second-order valence-electron chi connectivity index (χ2n) is 5.75. The molecule has 0 aliphatic carbocycles. The summed E-state index contributed by atoms with van der Waals surface area (Å²) in [6.45, 7) is 7.97. The lowest BCUT2D eigenvalue weighted by Crippen LogP contribution is -2.41. The van der Waals surface area contributed by atoms with Gasteiger partial charge in [0.1, 0.15) is 0 Å². The highest BCUT2D eigenvalue weighted by molar-refractivity contribution is 6.31. The Morgan fingerprint density at radius 2 is 2.05 bits per heavy atom. The summed E-state index contributed by atoms with van der Waals surface area (Å²) in [5.74, 6) is 0. The average Bonchev–Trinajstić information content (AvgIpc) is 2.73. The Bertz CT molecular complexity index is 439. The van der Waals surface area contributed by atoms with E-state index in [9.17, 15) is 0 Å². The smallest absolute Gasteiger partial charge is 0.0849 e. The SMILES string of the molecule is CCNCC1(Cc2c(Cl)c(CC)nn2C)CCOCC1. The fourth-order valence-corrected chi connectivity index (χ4v) is 3.34. The monoisotopic (exact) mass is 299 g/mol. The quantitative estimate of drug-likeness (QED) is 0.877. The summed E-state index contributed by atoms with van der Waals surface area (Å²) in [6.07, 6.45) is 4.04. The summed E-state index contributed by atoms with van der Waals surface area (Å²) in [5, 5.41) is 8.91. The molecule has 0 saturated carbocycles. The number of nitrogens with zero attached hydrogens (tertiary/aromatic N) is 2. The third-order valence-electron chi connectivity index (χ3n) is 4.35. The van der Waals surface area contributed by atoms with E-state index in [1.54, 1.807) is 0 Å².